The van der Waals surface area contributed by atoms with Crippen LogP contribution >= 0.6 is 0 Å². The zero-order chi connectivity index (χ0) is 13.8. The summed E-state index contributed by atoms with van der Waals surface area (Å²) < 4.78 is 6.26. The normalized spacial score (nSPS) is 52.5. The molecule has 1 aliphatic carbocycles. The van der Waals surface area contributed by atoms with E-state index in [1.54, 1.807) is 0 Å². The molecular weight excluding hydrogens is 228 g/mol. The minimum atomic E-state index is -0.572. The zero-order valence-electron chi connectivity index (χ0n) is 12.4. The van der Waals surface area contributed by atoms with Crippen molar-refractivity contribution < 1.29 is 14.9 Å². The molecule has 1 heterocycles. The summed E-state index contributed by atoms with van der Waals surface area (Å²) in [6, 6.07) is 0. The number of hydrogen-bond donors (Lipinski definition) is 2. The van der Waals surface area contributed by atoms with Gasteiger partial charge in [-0.25, -0.2) is 0 Å². The van der Waals surface area contributed by atoms with Gasteiger partial charge in [0.05, 0.1) is 22.9 Å². The molecular formula is C15H28O3. The van der Waals surface area contributed by atoms with Gasteiger partial charge in [0.1, 0.15) is 0 Å². The molecule has 18 heavy (non-hydrogen) atoms. The van der Waals surface area contributed by atoms with Gasteiger partial charge in [0.2, 0.25) is 0 Å². The van der Waals surface area contributed by atoms with Gasteiger partial charge in [-0.2, -0.15) is 0 Å². The lowest BCUT2D eigenvalue weighted by Gasteiger charge is -2.50. The van der Waals surface area contributed by atoms with Gasteiger partial charge in [0.15, 0.2) is 0 Å². The summed E-state index contributed by atoms with van der Waals surface area (Å²) in [6.45, 7) is 10.1. The number of aliphatic hydroxyl groups excluding tert-OH is 1. The Bertz CT molecular complexity index is 324. The summed E-state index contributed by atoms with van der Waals surface area (Å²) >= 11 is 0. The predicted molar refractivity (Wildman–Crippen MR) is 71.3 cm³/mol. The van der Waals surface area contributed by atoms with Crippen LogP contribution in [0.15, 0.2) is 0 Å². The monoisotopic (exact) mass is 256 g/mol. The fourth-order valence-corrected chi connectivity index (χ4v) is 3.94. The van der Waals surface area contributed by atoms with Gasteiger partial charge < -0.3 is 14.9 Å². The SMILES string of the molecule is C[C@H]1[C@H]([C@@]2(C)CC[C@H](O)C(C)(C)O2)CC[C@@]1(C)O. The maximum Gasteiger partial charge on any atom is 0.0891 e. The van der Waals surface area contributed by atoms with E-state index in [0.29, 0.717) is 5.92 Å². The fraction of sp³-hybridized carbons (Fsp3) is 1.00. The highest BCUT2D eigenvalue weighted by atomic mass is 16.5. The second kappa shape index (κ2) is 4.19. The summed E-state index contributed by atoms with van der Waals surface area (Å²) in [5, 5.41) is 20.4. The first kappa shape index (κ1) is 14.3. The molecule has 0 aromatic rings. The van der Waals surface area contributed by atoms with Gasteiger partial charge in [0.25, 0.3) is 0 Å². The molecule has 0 radical (unpaired) electrons. The molecule has 106 valence electrons. The first-order chi connectivity index (χ1) is 8.08. The Kier molecular flexibility index (Phi) is 3.33. The first-order valence-electron chi connectivity index (χ1n) is 7.19. The van der Waals surface area contributed by atoms with Crippen molar-refractivity contribution >= 4 is 0 Å². The zero-order valence-corrected chi connectivity index (χ0v) is 12.4. The Balaban J connectivity index is 2.18. The maximum absolute atomic E-state index is 10.4. The quantitative estimate of drug-likeness (QED) is 0.758. The Morgan fingerprint density at radius 3 is 2.11 bits per heavy atom. The third-order valence-corrected chi connectivity index (χ3v) is 5.54. The van der Waals surface area contributed by atoms with Crippen LogP contribution in [-0.4, -0.2) is 33.1 Å². The van der Waals surface area contributed by atoms with E-state index in [1.165, 1.54) is 0 Å². The molecule has 2 rings (SSSR count). The molecule has 0 bridgehead atoms. The van der Waals surface area contributed by atoms with E-state index in [9.17, 15) is 10.2 Å². The van der Waals surface area contributed by atoms with Crippen LogP contribution in [0.5, 0.6) is 0 Å². The van der Waals surface area contributed by atoms with Crippen LogP contribution in [0.1, 0.15) is 60.3 Å². The lowest BCUT2D eigenvalue weighted by molar-refractivity contribution is -0.238. The van der Waals surface area contributed by atoms with Crippen molar-refractivity contribution in [2.24, 2.45) is 11.8 Å². The molecule has 0 unspecified atom stereocenters. The van der Waals surface area contributed by atoms with Gasteiger partial charge in [0, 0.05) is 0 Å². The molecule has 0 amide bonds. The van der Waals surface area contributed by atoms with Gasteiger partial charge in [-0.15, -0.1) is 0 Å². The van der Waals surface area contributed by atoms with Crippen molar-refractivity contribution in [2.45, 2.75) is 83.2 Å². The Hall–Kier alpha value is -0.120. The Labute approximate surface area is 111 Å². The topological polar surface area (TPSA) is 49.7 Å². The van der Waals surface area contributed by atoms with Gasteiger partial charge in [-0.05, 0) is 65.2 Å². The Morgan fingerprint density at radius 2 is 1.67 bits per heavy atom. The van der Waals surface area contributed by atoms with Crippen LogP contribution < -0.4 is 0 Å². The maximum atomic E-state index is 10.4. The summed E-state index contributed by atoms with van der Waals surface area (Å²) in [5.74, 6) is 0.618. The second-order valence-electron chi connectivity index (χ2n) is 7.36. The molecule has 5 atom stereocenters. The molecule has 1 saturated heterocycles. The van der Waals surface area contributed by atoms with Crippen molar-refractivity contribution in [2.75, 3.05) is 0 Å². The van der Waals surface area contributed by atoms with Crippen molar-refractivity contribution in [3.63, 3.8) is 0 Å². The van der Waals surface area contributed by atoms with E-state index in [0.717, 1.165) is 25.7 Å². The average Bonchev–Trinajstić information content (AvgIpc) is 2.49. The molecule has 0 aromatic heterocycles. The molecule has 1 saturated carbocycles. The highest BCUT2D eigenvalue weighted by Gasteiger charge is 2.53. The van der Waals surface area contributed by atoms with Crippen molar-refractivity contribution in [1.82, 2.24) is 0 Å². The highest BCUT2D eigenvalue weighted by molar-refractivity contribution is 5.03. The van der Waals surface area contributed by atoms with Gasteiger partial charge in [-0.3, -0.25) is 0 Å². The molecule has 3 nitrogen and oxygen atoms in total. The third-order valence-electron chi connectivity index (χ3n) is 5.54. The van der Waals surface area contributed by atoms with Crippen molar-refractivity contribution in [3.05, 3.63) is 0 Å². The number of aliphatic hydroxyl groups is 2. The molecule has 0 spiro atoms. The van der Waals surface area contributed by atoms with Crippen molar-refractivity contribution in [1.29, 1.82) is 0 Å². The largest absolute Gasteiger partial charge is 0.390 e. The fourth-order valence-electron chi connectivity index (χ4n) is 3.94. The second-order valence-corrected chi connectivity index (χ2v) is 7.36. The molecule has 0 aromatic carbocycles. The highest BCUT2D eigenvalue weighted by Crippen LogP contribution is 2.51. The lowest BCUT2D eigenvalue weighted by Crippen LogP contribution is -2.56. The molecule has 1 aliphatic heterocycles. The molecule has 2 N–H and O–H groups in total. The van der Waals surface area contributed by atoms with Crippen LogP contribution in [-0.2, 0) is 4.74 Å². The molecule has 3 heteroatoms. The lowest BCUT2D eigenvalue weighted by atomic mass is 9.73. The minimum Gasteiger partial charge on any atom is -0.390 e. The van der Waals surface area contributed by atoms with Crippen LogP contribution in [0.3, 0.4) is 0 Å². The number of hydrogen-bond acceptors (Lipinski definition) is 3. The summed E-state index contributed by atoms with van der Waals surface area (Å²) in [4.78, 5) is 0. The predicted octanol–water partition coefficient (Wildman–Crippen LogP) is 2.49. The van der Waals surface area contributed by atoms with E-state index < -0.39 is 11.2 Å². The van der Waals surface area contributed by atoms with Gasteiger partial charge >= 0.3 is 0 Å². The van der Waals surface area contributed by atoms with E-state index in [1.807, 2.05) is 20.8 Å². The van der Waals surface area contributed by atoms with E-state index >= 15 is 0 Å². The minimum absolute atomic E-state index is 0.220. The van der Waals surface area contributed by atoms with E-state index in [2.05, 4.69) is 13.8 Å². The number of ether oxygens (including phenoxy) is 1. The standard InChI is InChI=1S/C15H28O3/c1-10-11(6-8-14(10,4)17)15(5)9-7-12(16)13(2,3)18-15/h10-12,16-17H,6-9H2,1-5H3/t10-,11+,12-,14+,15+/m0/s1. The third kappa shape index (κ3) is 2.21. The summed E-state index contributed by atoms with van der Waals surface area (Å²) in [5.41, 5.74) is -1.28. The van der Waals surface area contributed by atoms with Crippen LogP contribution in [0.25, 0.3) is 0 Å². The van der Waals surface area contributed by atoms with Crippen LogP contribution in [0, 0.1) is 11.8 Å². The van der Waals surface area contributed by atoms with E-state index in [-0.39, 0.29) is 17.6 Å². The number of rotatable bonds is 1. The van der Waals surface area contributed by atoms with Crippen LogP contribution in [0.4, 0.5) is 0 Å². The first-order valence-corrected chi connectivity index (χ1v) is 7.19. The summed E-state index contributed by atoms with van der Waals surface area (Å²) in [6.07, 6.45) is 3.14. The van der Waals surface area contributed by atoms with E-state index in [4.69, 9.17) is 4.74 Å². The Morgan fingerprint density at radius 1 is 1.06 bits per heavy atom. The van der Waals surface area contributed by atoms with Crippen molar-refractivity contribution in [3.8, 4) is 0 Å². The molecule has 2 aliphatic rings. The summed E-state index contributed by atoms with van der Waals surface area (Å²) in [7, 11) is 0. The molecule has 2 fully saturated rings. The average molecular weight is 256 g/mol. The van der Waals surface area contributed by atoms with Crippen LogP contribution in [0.2, 0.25) is 0 Å². The smallest absolute Gasteiger partial charge is 0.0891 e. The van der Waals surface area contributed by atoms with Gasteiger partial charge in [-0.1, -0.05) is 6.92 Å².